The van der Waals surface area contributed by atoms with Crippen LogP contribution < -0.4 is 5.32 Å². The molecule has 4 heteroatoms. The number of nitrogens with one attached hydrogen (secondary N) is 1. The predicted molar refractivity (Wildman–Crippen MR) is 111 cm³/mol. The molecule has 0 spiro atoms. The van der Waals surface area contributed by atoms with Gasteiger partial charge in [0.15, 0.2) is 5.11 Å². The first-order valence-electron chi connectivity index (χ1n) is 10.4. The molecular weight excluding hydrogens is 338 g/mol. The number of piperidine rings is 3. The van der Waals surface area contributed by atoms with Gasteiger partial charge in [0, 0.05) is 24.8 Å². The molecule has 138 valence electrons. The van der Waals surface area contributed by atoms with Crippen molar-refractivity contribution in [2.24, 2.45) is 11.8 Å². The summed E-state index contributed by atoms with van der Waals surface area (Å²) in [5.74, 6) is 1.53. The maximum Gasteiger partial charge on any atom is 0.173 e. The number of anilines is 1. The van der Waals surface area contributed by atoms with E-state index in [1.54, 1.807) is 5.57 Å². The van der Waals surface area contributed by atoms with E-state index in [9.17, 15) is 0 Å². The van der Waals surface area contributed by atoms with Gasteiger partial charge in [0.05, 0.1) is 6.04 Å². The molecule has 3 saturated heterocycles. The van der Waals surface area contributed by atoms with E-state index in [2.05, 4.69) is 45.5 Å². The maximum absolute atomic E-state index is 5.86. The van der Waals surface area contributed by atoms with Gasteiger partial charge in [-0.2, -0.15) is 0 Å². The first-order chi connectivity index (χ1) is 12.8. The number of likely N-dealkylation sites (tertiary alicyclic amines) is 1. The van der Waals surface area contributed by atoms with Crippen molar-refractivity contribution in [1.82, 2.24) is 9.80 Å². The summed E-state index contributed by atoms with van der Waals surface area (Å²) in [5, 5.41) is 4.40. The van der Waals surface area contributed by atoms with Gasteiger partial charge in [-0.3, -0.25) is 4.90 Å². The minimum atomic E-state index is 0.520. The molecule has 0 radical (unpaired) electrons. The molecule has 26 heavy (non-hydrogen) atoms. The second kappa shape index (κ2) is 6.97. The van der Waals surface area contributed by atoms with Crippen LogP contribution in [-0.2, 0) is 0 Å². The summed E-state index contributed by atoms with van der Waals surface area (Å²) < 4.78 is 0. The normalized spacial score (nSPS) is 33.7. The van der Waals surface area contributed by atoms with Gasteiger partial charge < -0.3 is 10.2 Å². The van der Waals surface area contributed by atoms with Gasteiger partial charge in [-0.05, 0) is 74.8 Å². The number of para-hydroxylation sites is 1. The molecule has 4 atom stereocenters. The van der Waals surface area contributed by atoms with Crippen molar-refractivity contribution in [3.8, 4) is 0 Å². The minimum absolute atomic E-state index is 0.520. The standard InChI is InChI=1S/C22H29N3S/c26-22(23-19-8-2-1-3-9-19)25-12-6-7-16-13-17-14-18(21(16)25)15-24-11-5-4-10-20(17)24/h1-3,8-9,13,17-18,20-21H,4-7,10-12,14-15H2,(H,23,26)/t17-,18-,20-,21-/m1/s1. The number of fused-ring (bicyclic) bond motifs is 6. The molecule has 3 nitrogen and oxygen atoms in total. The second-order valence-electron chi connectivity index (χ2n) is 8.50. The minimum Gasteiger partial charge on any atom is -0.342 e. The van der Waals surface area contributed by atoms with Crippen LogP contribution in [0.2, 0.25) is 0 Å². The van der Waals surface area contributed by atoms with Gasteiger partial charge in [-0.25, -0.2) is 0 Å². The predicted octanol–water partition coefficient (Wildman–Crippen LogP) is 4.28. The average Bonchev–Trinajstić information content (AvgIpc) is 2.68. The zero-order chi connectivity index (χ0) is 17.5. The van der Waals surface area contributed by atoms with Crippen molar-refractivity contribution < 1.29 is 0 Å². The molecule has 3 fully saturated rings. The van der Waals surface area contributed by atoms with Crippen molar-refractivity contribution in [2.75, 3.05) is 25.0 Å². The highest BCUT2D eigenvalue weighted by atomic mass is 32.1. The number of nitrogens with zero attached hydrogens (tertiary/aromatic N) is 2. The number of hydrogen-bond acceptors (Lipinski definition) is 2. The molecular formula is C22H29N3S. The monoisotopic (exact) mass is 367 g/mol. The molecule has 1 aromatic rings. The Morgan fingerprint density at radius 3 is 2.85 bits per heavy atom. The fraction of sp³-hybridized carbons (Fsp3) is 0.591. The third-order valence-electron chi connectivity index (χ3n) is 6.94. The first kappa shape index (κ1) is 16.8. The van der Waals surface area contributed by atoms with E-state index in [0.717, 1.165) is 35.2 Å². The fourth-order valence-electron chi connectivity index (χ4n) is 5.92. The van der Waals surface area contributed by atoms with Crippen LogP contribution in [0.15, 0.2) is 42.0 Å². The third kappa shape index (κ3) is 2.97. The SMILES string of the molecule is S=C(Nc1ccccc1)N1CCCC2=C[C@@H]3C[C@H](CN4CCCC[C@H]34)[C@@H]21. The van der Waals surface area contributed by atoms with Crippen molar-refractivity contribution in [3.63, 3.8) is 0 Å². The van der Waals surface area contributed by atoms with Gasteiger partial charge in [-0.15, -0.1) is 0 Å². The summed E-state index contributed by atoms with van der Waals surface area (Å²) in [6.07, 6.45) is 10.7. The maximum atomic E-state index is 5.86. The highest BCUT2D eigenvalue weighted by Gasteiger charge is 2.46. The quantitative estimate of drug-likeness (QED) is 0.590. The van der Waals surface area contributed by atoms with Gasteiger partial charge in [0.25, 0.3) is 0 Å². The lowest BCUT2D eigenvalue weighted by atomic mass is 9.68. The Hall–Kier alpha value is -1.39. The molecule has 0 aromatic heterocycles. The molecule has 0 saturated carbocycles. The lowest BCUT2D eigenvalue weighted by Gasteiger charge is -2.55. The molecule has 2 bridgehead atoms. The number of thiocarbonyl (C=S) groups is 1. The van der Waals surface area contributed by atoms with Crippen LogP contribution in [0.25, 0.3) is 0 Å². The Kier molecular flexibility index (Phi) is 4.49. The van der Waals surface area contributed by atoms with Crippen molar-refractivity contribution in [2.45, 2.75) is 50.6 Å². The first-order valence-corrected chi connectivity index (χ1v) is 10.8. The molecule has 1 N–H and O–H groups in total. The van der Waals surface area contributed by atoms with Crippen molar-refractivity contribution in [1.29, 1.82) is 0 Å². The summed E-state index contributed by atoms with van der Waals surface area (Å²) in [5.41, 5.74) is 2.78. The van der Waals surface area contributed by atoms with E-state index in [1.807, 2.05) is 6.07 Å². The second-order valence-corrected chi connectivity index (χ2v) is 8.88. The zero-order valence-corrected chi connectivity index (χ0v) is 16.3. The van der Waals surface area contributed by atoms with Crippen LogP contribution in [0.4, 0.5) is 5.69 Å². The van der Waals surface area contributed by atoms with Crippen molar-refractivity contribution in [3.05, 3.63) is 42.0 Å². The van der Waals surface area contributed by atoms with Gasteiger partial charge in [0.1, 0.15) is 0 Å². The van der Waals surface area contributed by atoms with Crippen LogP contribution in [-0.4, -0.2) is 46.6 Å². The van der Waals surface area contributed by atoms with E-state index in [-0.39, 0.29) is 0 Å². The Bertz CT molecular complexity index is 701. The molecule has 3 aliphatic heterocycles. The zero-order valence-electron chi connectivity index (χ0n) is 15.4. The largest absolute Gasteiger partial charge is 0.342 e. The smallest absolute Gasteiger partial charge is 0.173 e. The number of hydrogen-bond donors (Lipinski definition) is 1. The van der Waals surface area contributed by atoms with Crippen molar-refractivity contribution >= 4 is 23.0 Å². The molecule has 5 rings (SSSR count). The molecule has 0 unspecified atom stereocenters. The molecule has 3 heterocycles. The number of rotatable bonds is 1. The molecule has 0 amide bonds. The highest BCUT2D eigenvalue weighted by molar-refractivity contribution is 7.80. The summed E-state index contributed by atoms with van der Waals surface area (Å²) in [6.45, 7) is 3.67. The van der Waals surface area contributed by atoms with E-state index >= 15 is 0 Å². The lowest BCUT2D eigenvalue weighted by Crippen LogP contribution is -2.60. The summed E-state index contributed by atoms with van der Waals surface area (Å²) in [7, 11) is 0. The topological polar surface area (TPSA) is 18.5 Å². The van der Waals surface area contributed by atoms with E-state index in [4.69, 9.17) is 12.2 Å². The number of benzene rings is 1. The Balaban J connectivity index is 1.39. The summed E-state index contributed by atoms with van der Waals surface area (Å²) in [6, 6.07) is 11.7. The fourth-order valence-corrected chi connectivity index (χ4v) is 6.24. The van der Waals surface area contributed by atoms with E-state index < -0.39 is 0 Å². The van der Waals surface area contributed by atoms with Crippen LogP contribution in [0.3, 0.4) is 0 Å². The molecule has 1 aromatic carbocycles. The van der Waals surface area contributed by atoms with E-state index in [1.165, 1.54) is 51.6 Å². The third-order valence-corrected chi connectivity index (χ3v) is 7.28. The Morgan fingerprint density at radius 1 is 1.08 bits per heavy atom. The highest BCUT2D eigenvalue weighted by Crippen LogP contribution is 2.45. The van der Waals surface area contributed by atoms with Crippen LogP contribution in [0, 0.1) is 11.8 Å². The average molecular weight is 368 g/mol. The van der Waals surface area contributed by atoms with Crippen LogP contribution in [0.5, 0.6) is 0 Å². The van der Waals surface area contributed by atoms with Gasteiger partial charge in [0.2, 0.25) is 0 Å². The molecule has 1 aliphatic carbocycles. The van der Waals surface area contributed by atoms with Crippen LogP contribution >= 0.6 is 12.2 Å². The van der Waals surface area contributed by atoms with Crippen LogP contribution in [0.1, 0.15) is 38.5 Å². The molecule has 4 aliphatic rings. The van der Waals surface area contributed by atoms with Gasteiger partial charge >= 0.3 is 0 Å². The Morgan fingerprint density at radius 2 is 1.96 bits per heavy atom. The van der Waals surface area contributed by atoms with E-state index in [0.29, 0.717) is 6.04 Å². The van der Waals surface area contributed by atoms with Gasteiger partial charge in [-0.1, -0.05) is 36.3 Å². The Labute approximate surface area is 162 Å². The summed E-state index contributed by atoms with van der Waals surface area (Å²) >= 11 is 5.86. The summed E-state index contributed by atoms with van der Waals surface area (Å²) in [4.78, 5) is 5.30. The lowest BCUT2D eigenvalue weighted by molar-refractivity contribution is 0.0132.